The van der Waals surface area contributed by atoms with Gasteiger partial charge in [0.1, 0.15) is 0 Å². The first-order valence-electron chi connectivity index (χ1n) is 5.36. The number of hydrogen-bond acceptors (Lipinski definition) is 3. The van der Waals surface area contributed by atoms with Gasteiger partial charge in [-0.2, -0.15) is 0 Å². The van der Waals surface area contributed by atoms with E-state index in [0.717, 1.165) is 25.7 Å². The van der Waals surface area contributed by atoms with Crippen LogP contribution in [0.25, 0.3) is 0 Å². The third-order valence-electron chi connectivity index (χ3n) is 3.38. The highest BCUT2D eigenvalue weighted by atomic mass is 16.3. The molecule has 0 radical (unpaired) electrons. The Morgan fingerprint density at radius 1 is 1.57 bits per heavy atom. The van der Waals surface area contributed by atoms with Crippen molar-refractivity contribution >= 4 is 5.91 Å². The molecule has 1 atom stereocenters. The summed E-state index contributed by atoms with van der Waals surface area (Å²) in [6.07, 6.45) is 4.92. The van der Waals surface area contributed by atoms with Crippen LogP contribution in [0.2, 0.25) is 0 Å². The molecule has 0 spiro atoms. The maximum absolute atomic E-state index is 11.5. The van der Waals surface area contributed by atoms with Gasteiger partial charge < -0.3 is 16.2 Å². The monoisotopic (exact) mass is 198 g/mol. The van der Waals surface area contributed by atoms with Gasteiger partial charge in [-0.15, -0.1) is 0 Å². The lowest BCUT2D eigenvalue weighted by Gasteiger charge is -2.30. The number of carbonyl (C=O) groups is 1. The first-order chi connectivity index (χ1) is 6.61. The SMILES string of the molecule is NC(C(=O)NCC1(O)CC1)C1CCC1. The van der Waals surface area contributed by atoms with Crippen molar-refractivity contribution < 1.29 is 9.90 Å². The van der Waals surface area contributed by atoms with Crippen LogP contribution in [0.5, 0.6) is 0 Å². The third-order valence-corrected chi connectivity index (χ3v) is 3.38. The maximum Gasteiger partial charge on any atom is 0.237 e. The fourth-order valence-corrected chi connectivity index (χ4v) is 1.70. The number of hydrogen-bond donors (Lipinski definition) is 3. The van der Waals surface area contributed by atoms with Gasteiger partial charge in [0.15, 0.2) is 0 Å². The Labute approximate surface area is 83.9 Å². The van der Waals surface area contributed by atoms with E-state index in [2.05, 4.69) is 5.32 Å². The summed E-state index contributed by atoms with van der Waals surface area (Å²) in [4.78, 5) is 11.5. The molecule has 1 unspecified atom stereocenters. The van der Waals surface area contributed by atoms with Crippen LogP contribution < -0.4 is 11.1 Å². The van der Waals surface area contributed by atoms with E-state index in [4.69, 9.17) is 5.73 Å². The largest absolute Gasteiger partial charge is 0.388 e. The average molecular weight is 198 g/mol. The van der Waals surface area contributed by atoms with E-state index in [9.17, 15) is 9.90 Å². The zero-order valence-corrected chi connectivity index (χ0v) is 8.33. The second kappa shape index (κ2) is 3.51. The molecule has 2 aliphatic carbocycles. The first-order valence-corrected chi connectivity index (χ1v) is 5.36. The van der Waals surface area contributed by atoms with Crippen molar-refractivity contribution in [3.05, 3.63) is 0 Å². The quantitative estimate of drug-likeness (QED) is 0.583. The molecule has 0 saturated heterocycles. The van der Waals surface area contributed by atoms with Crippen LogP contribution in [0.15, 0.2) is 0 Å². The van der Waals surface area contributed by atoms with Gasteiger partial charge in [-0.1, -0.05) is 6.42 Å². The molecule has 0 aromatic heterocycles. The average Bonchev–Trinajstić information content (AvgIpc) is 2.77. The molecule has 0 aliphatic heterocycles. The predicted octanol–water partition coefficient (Wildman–Crippen LogP) is -0.245. The molecule has 2 fully saturated rings. The van der Waals surface area contributed by atoms with Crippen LogP contribution in [-0.4, -0.2) is 29.2 Å². The Kier molecular flexibility index (Phi) is 2.49. The maximum atomic E-state index is 11.5. The summed E-state index contributed by atoms with van der Waals surface area (Å²) in [5.74, 6) is 0.263. The molecule has 2 rings (SSSR count). The first kappa shape index (κ1) is 9.93. The van der Waals surface area contributed by atoms with Crippen LogP contribution in [0.1, 0.15) is 32.1 Å². The minimum absolute atomic E-state index is 0.102. The molecule has 2 aliphatic rings. The van der Waals surface area contributed by atoms with Gasteiger partial charge in [0.05, 0.1) is 11.6 Å². The third kappa shape index (κ3) is 2.07. The Balaban J connectivity index is 1.71. The summed E-state index contributed by atoms with van der Waals surface area (Å²) in [5, 5.41) is 12.2. The van der Waals surface area contributed by atoms with Crippen molar-refractivity contribution in [2.75, 3.05) is 6.54 Å². The summed E-state index contributed by atoms with van der Waals surface area (Å²) in [6, 6.07) is -0.369. The van der Waals surface area contributed by atoms with Crippen LogP contribution >= 0.6 is 0 Å². The molecule has 0 aromatic carbocycles. The van der Waals surface area contributed by atoms with Crippen molar-refractivity contribution in [2.45, 2.75) is 43.7 Å². The van der Waals surface area contributed by atoms with E-state index in [-0.39, 0.29) is 11.9 Å². The molecule has 4 nitrogen and oxygen atoms in total. The molecule has 14 heavy (non-hydrogen) atoms. The smallest absolute Gasteiger partial charge is 0.237 e. The van der Waals surface area contributed by atoms with Gasteiger partial charge in [-0.25, -0.2) is 0 Å². The van der Waals surface area contributed by atoms with Crippen LogP contribution in [0.3, 0.4) is 0 Å². The van der Waals surface area contributed by atoms with Gasteiger partial charge in [0, 0.05) is 6.54 Å². The lowest BCUT2D eigenvalue weighted by molar-refractivity contribution is -0.124. The van der Waals surface area contributed by atoms with E-state index in [1.54, 1.807) is 0 Å². The summed E-state index contributed by atoms with van der Waals surface area (Å²) in [7, 11) is 0. The van der Waals surface area contributed by atoms with Crippen LogP contribution in [-0.2, 0) is 4.79 Å². The molecular weight excluding hydrogens is 180 g/mol. The minimum atomic E-state index is -0.616. The van der Waals surface area contributed by atoms with Gasteiger partial charge in [-0.3, -0.25) is 4.79 Å². The van der Waals surface area contributed by atoms with E-state index in [1.165, 1.54) is 6.42 Å². The molecule has 4 heteroatoms. The number of carbonyl (C=O) groups excluding carboxylic acids is 1. The normalized spacial score (nSPS) is 26.4. The molecule has 0 heterocycles. The highest BCUT2D eigenvalue weighted by molar-refractivity contribution is 5.82. The van der Waals surface area contributed by atoms with E-state index in [0.29, 0.717) is 12.5 Å². The fourth-order valence-electron chi connectivity index (χ4n) is 1.70. The Bertz CT molecular complexity index is 234. The number of nitrogens with one attached hydrogen (secondary N) is 1. The van der Waals surface area contributed by atoms with E-state index >= 15 is 0 Å². The highest BCUT2D eigenvalue weighted by Crippen LogP contribution is 2.34. The lowest BCUT2D eigenvalue weighted by atomic mass is 9.80. The number of nitrogens with two attached hydrogens (primary N) is 1. The van der Waals surface area contributed by atoms with Crippen molar-refractivity contribution in [1.82, 2.24) is 5.32 Å². The second-order valence-electron chi connectivity index (χ2n) is 4.66. The molecule has 4 N–H and O–H groups in total. The summed E-state index contributed by atoms with van der Waals surface area (Å²) in [6.45, 7) is 0.367. The fraction of sp³-hybridized carbons (Fsp3) is 0.900. The summed E-state index contributed by atoms with van der Waals surface area (Å²) in [5.41, 5.74) is 5.16. The highest BCUT2D eigenvalue weighted by Gasteiger charge is 2.41. The second-order valence-corrected chi connectivity index (χ2v) is 4.66. The standard InChI is InChI=1S/C10H18N2O2/c11-8(7-2-1-3-7)9(13)12-6-10(14)4-5-10/h7-8,14H,1-6,11H2,(H,12,13). The summed E-state index contributed by atoms with van der Waals surface area (Å²) < 4.78 is 0. The van der Waals surface area contributed by atoms with E-state index < -0.39 is 5.60 Å². The van der Waals surface area contributed by atoms with Gasteiger partial charge in [0.25, 0.3) is 0 Å². The molecule has 0 bridgehead atoms. The Morgan fingerprint density at radius 3 is 2.64 bits per heavy atom. The summed E-state index contributed by atoms with van der Waals surface area (Å²) >= 11 is 0. The number of rotatable bonds is 4. The lowest BCUT2D eigenvalue weighted by Crippen LogP contribution is -2.49. The van der Waals surface area contributed by atoms with Crippen LogP contribution in [0.4, 0.5) is 0 Å². The minimum Gasteiger partial charge on any atom is -0.388 e. The zero-order valence-electron chi connectivity index (χ0n) is 8.33. The molecular formula is C10H18N2O2. The van der Waals surface area contributed by atoms with Crippen molar-refractivity contribution in [1.29, 1.82) is 0 Å². The topological polar surface area (TPSA) is 75.4 Å². The number of aliphatic hydroxyl groups is 1. The van der Waals surface area contributed by atoms with Crippen molar-refractivity contribution in [3.8, 4) is 0 Å². The molecule has 0 aromatic rings. The Hall–Kier alpha value is -0.610. The van der Waals surface area contributed by atoms with Gasteiger partial charge >= 0.3 is 0 Å². The van der Waals surface area contributed by atoms with Crippen molar-refractivity contribution in [3.63, 3.8) is 0 Å². The molecule has 80 valence electrons. The Morgan fingerprint density at radius 2 is 2.21 bits per heavy atom. The van der Waals surface area contributed by atoms with Gasteiger partial charge in [-0.05, 0) is 31.6 Å². The molecule has 1 amide bonds. The number of amides is 1. The van der Waals surface area contributed by atoms with Crippen LogP contribution in [0, 0.1) is 5.92 Å². The van der Waals surface area contributed by atoms with Crippen molar-refractivity contribution in [2.24, 2.45) is 11.7 Å². The molecule has 2 saturated carbocycles. The van der Waals surface area contributed by atoms with E-state index in [1.807, 2.05) is 0 Å². The zero-order chi connectivity index (χ0) is 10.2. The van der Waals surface area contributed by atoms with Gasteiger partial charge in [0.2, 0.25) is 5.91 Å². The predicted molar refractivity (Wildman–Crippen MR) is 52.5 cm³/mol.